The summed E-state index contributed by atoms with van der Waals surface area (Å²) in [5, 5.41) is 12.3. The number of hydrogen-bond acceptors (Lipinski definition) is 3. The molecule has 35 heavy (non-hydrogen) atoms. The highest BCUT2D eigenvalue weighted by atomic mass is 79.9. The number of aliphatic hydroxyl groups is 1. The van der Waals surface area contributed by atoms with Crippen LogP contribution in [-0.2, 0) is 16.1 Å². The van der Waals surface area contributed by atoms with Gasteiger partial charge in [0.25, 0.3) is 0 Å². The summed E-state index contributed by atoms with van der Waals surface area (Å²) in [5.41, 5.74) is 1.19. The van der Waals surface area contributed by atoms with Crippen LogP contribution >= 0.6 is 15.9 Å². The number of hydrogen-bond donors (Lipinski definition) is 1. The summed E-state index contributed by atoms with van der Waals surface area (Å²) >= 11 is 3.48. The third-order valence-corrected chi connectivity index (χ3v) is 11.7. The third-order valence-electron chi connectivity index (χ3n) is 11.2. The molecule has 1 aromatic carbocycles. The molecule has 0 aliphatic heterocycles. The number of benzene rings is 1. The minimum atomic E-state index is -0.479. The van der Waals surface area contributed by atoms with Crippen molar-refractivity contribution in [3.8, 4) is 0 Å². The Morgan fingerprint density at radius 3 is 2.46 bits per heavy atom. The van der Waals surface area contributed by atoms with E-state index in [0.717, 1.165) is 54.8 Å². The summed E-state index contributed by atoms with van der Waals surface area (Å²) in [7, 11) is 1.81. The van der Waals surface area contributed by atoms with Gasteiger partial charge in [-0.1, -0.05) is 41.9 Å². The molecular weight excluding hydrogens is 502 g/mol. The smallest absolute Gasteiger partial charge is 0.249 e. The van der Waals surface area contributed by atoms with Crippen LogP contribution in [0.2, 0.25) is 0 Å². The predicted molar refractivity (Wildman–Crippen MR) is 142 cm³/mol. The number of rotatable bonds is 5. The zero-order valence-corrected chi connectivity index (χ0v) is 23.6. The minimum Gasteiger partial charge on any atom is -0.390 e. The molecule has 0 spiro atoms. The van der Waals surface area contributed by atoms with Gasteiger partial charge in [0, 0.05) is 17.4 Å². The van der Waals surface area contributed by atoms with Gasteiger partial charge in [-0.05, 0) is 123 Å². The summed E-state index contributed by atoms with van der Waals surface area (Å²) in [6.45, 7) is 7.52. The van der Waals surface area contributed by atoms with Gasteiger partial charge in [-0.3, -0.25) is 9.63 Å². The first-order valence-corrected chi connectivity index (χ1v) is 14.7. The molecule has 0 unspecified atom stereocenters. The zero-order valence-electron chi connectivity index (χ0n) is 22.1. The van der Waals surface area contributed by atoms with Crippen LogP contribution in [0.1, 0.15) is 84.1 Å². The molecule has 4 saturated carbocycles. The Bertz CT molecular complexity index is 932. The first-order valence-electron chi connectivity index (χ1n) is 13.9. The van der Waals surface area contributed by atoms with E-state index >= 15 is 0 Å². The van der Waals surface area contributed by atoms with Gasteiger partial charge in [-0.15, -0.1) is 0 Å². The molecule has 1 N–H and O–H groups in total. The summed E-state index contributed by atoms with van der Waals surface area (Å²) in [5.74, 6) is 3.04. The van der Waals surface area contributed by atoms with Gasteiger partial charge in [0.05, 0.1) is 12.2 Å². The van der Waals surface area contributed by atoms with Crippen molar-refractivity contribution < 1.29 is 14.7 Å². The molecule has 5 heteroatoms. The van der Waals surface area contributed by atoms with E-state index in [1.165, 1.54) is 31.2 Å². The molecule has 5 rings (SSSR count). The van der Waals surface area contributed by atoms with Gasteiger partial charge in [-0.2, -0.15) is 0 Å². The van der Waals surface area contributed by atoms with Crippen LogP contribution < -0.4 is 0 Å². The molecule has 0 heterocycles. The highest BCUT2D eigenvalue weighted by molar-refractivity contribution is 9.10. The Morgan fingerprint density at radius 1 is 1.00 bits per heavy atom. The molecule has 8 atom stereocenters. The van der Waals surface area contributed by atoms with E-state index in [-0.39, 0.29) is 17.2 Å². The largest absolute Gasteiger partial charge is 0.390 e. The Kier molecular flexibility index (Phi) is 6.94. The van der Waals surface area contributed by atoms with Crippen LogP contribution in [0, 0.1) is 40.4 Å². The lowest BCUT2D eigenvalue weighted by Crippen LogP contribution is -2.56. The van der Waals surface area contributed by atoms with E-state index in [1.54, 1.807) is 5.06 Å². The summed E-state index contributed by atoms with van der Waals surface area (Å²) in [6.07, 6.45) is 11.0. The van der Waals surface area contributed by atoms with Crippen LogP contribution in [0.4, 0.5) is 0 Å². The van der Waals surface area contributed by atoms with E-state index in [1.807, 2.05) is 26.1 Å². The van der Waals surface area contributed by atoms with E-state index in [2.05, 4.69) is 41.9 Å². The van der Waals surface area contributed by atoms with Crippen LogP contribution in [-0.4, -0.2) is 35.3 Å². The van der Waals surface area contributed by atoms with Crippen molar-refractivity contribution in [3.05, 3.63) is 34.3 Å². The number of hydroxylamine groups is 2. The standard InChI is InChI=1S/C30H44BrNO3/c1-28(34)16-17-29(2)21(19-28)7-10-23-24-11-12-26(30(24,3)15-13-25(23)29)27(33)32(4)35-18-14-20-5-8-22(31)9-6-20/h5-6,8-9,21,23-26,34H,7,10-19H2,1-4H3/t21-,23-,24-,25-,26+,28+,29-,30-/m0/s1. The lowest BCUT2D eigenvalue weighted by molar-refractivity contribution is -0.190. The molecule has 1 amide bonds. The lowest BCUT2D eigenvalue weighted by atomic mass is 9.44. The minimum absolute atomic E-state index is 0.0729. The third kappa shape index (κ3) is 4.63. The summed E-state index contributed by atoms with van der Waals surface area (Å²) in [4.78, 5) is 19.5. The van der Waals surface area contributed by atoms with Gasteiger partial charge in [0.2, 0.25) is 5.91 Å². The summed E-state index contributed by atoms with van der Waals surface area (Å²) < 4.78 is 1.08. The van der Waals surface area contributed by atoms with Gasteiger partial charge in [0.15, 0.2) is 0 Å². The first kappa shape index (κ1) is 25.7. The van der Waals surface area contributed by atoms with Crippen molar-refractivity contribution in [2.24, 2.45) is 40.4 Å². The molecule has 0 aromatic heterocycles. The second-order valence-electron chi connectivity index (χ2n) is 13.1. The number of carbonyl (C=O) groups is 1. The molecule has 0 radical (unpaired) electrons. The van der Waals surface area contributed by atoms with Crippen molar-refractivity contribution in [2.75, 3.05) is 13.7 Å². The average molecular weight is 547 g/mol. The van der Waals surface area contributed by atoms with Crippen molar-refractivity contribution in [3.63, 3.8) is 0 Å². The van der Waals surface area contributed by atoms with Gasteiger partial charge in [0.1, 0.15) is 0 Å². The zero-order chi connectivity index (χ0) is 25.0. The monoisotopic (exact) mass is 545 g/mol. The molecular formula is C30H44BrNO3. The number of halogens is 1. The van der Waals surface area contributed by atoms with Crippen molar-refractivity contribution in [1.29, 1.82) is 0 Å². The highest BCUT2D eigenvalue weighted by Gasteiger charge is 2.62. The molecule has 4 aliphatic carbocycles. The van der Waals surface area contributed by atoms with E-state index in [4.69, 9.17) is 4.84 Å². The molecule has 0 saturated heterocycles. The molecule has 4 nitrogen and oxygen atoms in total. The quantitative estimate of drug-likeness (QED) is 0.414. The molecule has 4 fully saturated rings. The number of amides is 1. The maximum atomic E-state index is 13.6. The van der Waals surface area contributed by atoms with Crippen LogP contribution in [0.25, 0.3) is 0 Å². The summed E-state index contributed by atoms with van der Waals surface area (Å²) in [6, 6.07) is 8.28. The van der Waals surface area contributed by atoms with Gasteiger partial charge in [-0.25, -0.2) is 5.06 Å². The van der Waals surface area contributed by atoms with E-state index in [0.29, 0.717) is 23.9 Å². The first-order chi connectivity index (χ1) is 16.5. The van der Waals surface area contributed by atoms with Crippen molar-refractivity contribution in [2.45, 2.75) is 90.6 Å². The van der Waals surface area contributed by atoms with Crippen molar-refractivity contribution in [1.82, 2.24) is 5.06 Å². The maximum Gasteiger partial charge on any atom is 0.249 e. The lowest BCUT2D eigenvalue weighted by Gasteiger charge is -2.61. The Morgan fingerprint density at radius 2 is 1.71 bits per heavy atom. The Hall–Kier alpha value is -0.910. The van der Waals surface area contributed by atoms with Crippen LogP contribution in [0.3, 0.4) is 0 Å². The van der Waals surface area contributed by atoms with Gasteiger partial charge >= 0.3 is 0 Å². The predicted octanol–water partition coefficient (Wildman–Crippen LogP) is 6.79. The molecule has 1 aromatic rings. The van der Waals surface area contributed by atoms with Crippen LogP contribution in [0.15, 0.2) is 28.7 Å². The fraction of sp³-hybridized carbons (Fsp3) is 0.767. The van der Waals surface area contributed by atoms with Gasteiger partial charge < -0.3 is 5.11 Å². The van der Waals surface area contributed by atoms with Crippen LogP contribution in [0.5, 0.6) is 0 Å². The number of carbonyl (C=O) groups excluding carboxylic acids is 1. The molecule has 194 valence electrons. The SMILES string of the molecule is CN(OCCc1ccc(Br)cc1)C(=O)[C@H]1CC[C@H]2[C@@H]3CC[C@H]4C[C@](C)(O)CC[C@]4(C)[C@H]3CC[C@]12C. The molecule has 4 aliphatic rings. The second-order valence-corrected chi connectivity index (χ2v) is 14.0. The number of nitrogens with zero attached hydrogens (tertiary/aromatic N) is 1. The normalized spacial score (nSPS) is 42.6. The maximum absolute atomic E-state index is 13.6. The highest BCUT2D eigenvalue weighted by Crippen LogP contribution is 2.68. The Labute approximate surface area is 220 Å². The Balaban J connectivity index is 1.22. The second kappa shape index (κ2) is 9.44. The fourth-order valence-electron chi connectivity index (χ4n) is 9.07. The topological polar surface area (TPSA) is 49.8 Å². The van der Waals surface area contributed by atoms with E-state index < -0.39 is 5.60 Å². The fourth-order valence-corrected chi connectivity index (χ4v) is 9.34. The van der Waals surface area contributed by atoms with E-state index in [9.17, 15) is 9.90 Å². The average Bonchev–Trinajstić information content (AvgIpc) is 3.17. The number of fused-ring (bicyclic) bond motifs is 5. The van der Waals surface area contributed by atoms with Crippen molar-refractivity contribution >= 4 is 21.8 Å². The molecule has 0 bridgehead atoms.